The van der Waals surface area contributed by atoms with E-state index in [4.69, 9.17) is 14.2 Å². The highest BCUT2D eigenvalue weighted by Crippen LogP contribution is 2.36. The zero-order valence-electron chi connectivity index (χ0n) is 26.5. The number of esters is 1. The number of ether oxygens (including phenoxy) is 3. The van der Waals surface area contributed by atoms with E-state index in [1.54, 1.807) is 67.8 Å². The second kappa shape index (κ2) is 14.8. The van der Waals surface area contributed by atoms with Crippen molar-refractivity contribution in [3.8, 4) is 11.5 Å². The molecule has 0 radical (unpaired) electrons. The van der Waals surface area contributed by atoms with Crippen LogP contribution >= 0.6 is 23.1 Å². The minimum atomic E-state index is -4.11. The maximum atomic E-state index is 13.4. The Balaban J connectivity index is 1.05. The number of thiazole rings is 1. The van der Waals surface area contributed by atoms with Crippen molar-refractivity contribution in [3.05, 3.63) is 108 Å². The van der Waals surface area contributed by atoms with Gasteiger partial charge in [-0.25, -0.2) is 13.4 Å². The summed E-state index contributed by atoms with van der Waals surface area (Å²) in [6, 6.07) is 24.7. The molecule has 49 heavy (non-hydrogen) atoms. The molecule has 2 amide bonds. The number of aromatic nitrogens is 1. The van der Waals surface area contributed by atoms with Crippen LogP contribution in [0.4, 0.5) is 0 Å². The zero-order chi connectivity index (χ0) is 34.5. The number of nitrogens with one attached hydrogen (secondary N) is 1. The van der Waals surface area contributed by atoms with Crippen molar-refractivity contribution in [1.29, 1.82) is 0 Å². The second-order valence-electron chi connectivity index (χ2n) is 10.9. The number of hydrogen-bond donors (Lipinski definition) is 1. The van der Waals surface area contributed by atoms with Gasteiger partial charge in [0.05, 0.1) is 47.1 Å². The summed E-state index contributed by atoms with van der Waals surface area (Å²) in [5.41, 5.74) is 2.16. The quantitative estimate of drug-likeness (QED) is 0.0879. The first kappa shape index (κ1) is 34.1. The number of carbonyl (C=O) groups excluding carboxylic acids is 3. The molecule has 1 aliphatic rings. The van der Waals surface area contributed by atoms with Crippen LogP contribution in [0.5, 0.6) is 11.5 Å². The molecule has 252 valence electrons. The molecule has 0 bridgehead atoms. The van der Waals surface area contributed by atoms with Crippen molar-refractivity contribution in [2.75, 3.05) is 27.4 Å². The van der Waals surface area contributed by atoms with Crippen molar-refractivity contribution >= 4 is 61.1 Å². The van der Waals surface area contributed by atoms with Gasteiger partial charge in [0.25, 0.3) is 11.8 Å². The Kier molecular flexibility index (Phi) is 10.3. The number of rotatable bonds is 14. The van der Waals surface area contributed by atoms with E-state index < -0.39 is 22.0 Å². The van der Waals surface area contributed by atoms with E-state index in [0.29, 0.717) is 39.1 Å². The van der Waals surface area contributed by atoms with Gasteiger partial charge in [-0.3, -0.25) is 19.3 Å². The summed E-state index contributed by atoms with van der Waals surface area (Å²) < 4.78 is 46.7. The first-order valence-electron chi connectivity index (χ1n) is 15.1. The number of imide groups is 1. The number of sulfonamides is 1. The summed E-state index contributed by atoms with van der Waals surface area (Å²) in [4.78, 5) is 44.6. The van der Waals surface area contributed by atoms with Gasteiger partial charge in [-0.05, 0) is 85.1 Å². The highest BCUT2D eigenvalue weighted by Gasteiger charge is 2.34. The lowest BCUT2D eigenvalue weighted by molar-refractivity contribution is -0.142. The van der Waals surface area contributed by atoms with Crippen molar-refractivity contribution < 1.29 is 37.0 Å². The summed E-state index contributed by atoms with van der Waals surface area (Å²) in [7, 11) is -1.30. The summed E-state index contributed by atoms with van der Waals surface area (Å²) in [6.07, 6.45) is 0.479. The fourth-order valence-electron chi connectivity index (χ4n) is 5.22. The Bertz CT molecular complexity index is 2080. The maximum absolute atomic E-state index is 13.4. The Morgan fingerprint density at radius 2 is 1.59 bits per heavy atom. The normalized spacial score (nSPS) is 13.4. The van der Waals surface area contributed by atoms with Gasteiger partial charge in [0.2, 0.25) is 10.0 Å². The number of fused-ring (bicyclic) bond motifs is 2. The van der Waals surface area contributed by atoms with Crippen LogP contribution in [0.25, 0.3) is 10.2 Å². The van der Waals surface area contributed by atoms with Gasteiger partial charge in [0.15, 0.2) is 4.34 Å². The number of nitrogens with zero attached hydrogens (tertiary/aromatic N) is 2. The zero-order valence-corrected chi connectivity index (χ0v) is 28.9. The summed E-state index contributed by atoms with van der Waals surface area (Å²) in [6.45, 7) is 0.494. The van der Waals surface area contributed by atoms with Gasteiger partial charge in [-0.15, -0.1) is 11.3 Å². The number of carbonyl (C=O) groups is 3. The molecular weight excluding hydrogens is 687 g/mol. The SMILES string of the molecule is COC(=O)C(Cc1ccc(OCCCN2C(=O)c3ccccc3C2=O)cc1)NS(=O)(=O)c1ccc2nc(Sc3ccc(OC)cc3)sc2c1. The largest absolute Gasteiger partial charge is 0.497 e. The average Bonchev–Trinajstić information content (AvgIpc) is 3.63. The minimum Gasteiger partial charge on any atom is -0.497 e. The molecule has 0 saturated heterocycles. The van der Waals surface area contributed by atoms with Crippen molar-refractivity contribution in [3.63, 3.8) is 0 Å². The predicted octanol–water partition coefficient (Wildman–Crippen LogP) is 5.58. The van der Waals surface area contributed by atoms with Crippen LogP contribution in [0.1, 0.15) is 32.7 Å². The van der Waals surface area contributed by atoms with Crippen molar-refractivity contribution in [2.45, 2.75) is 33.0 Å². The summed E-state index contributed by atoms with van der Waals surface area (Å²) >= 11 is 2.83. The molecule has 14 heteroatoms. The monoisotopic (exact) mass is 717 g/mol. The fraction of sp³-hybridized carbons (Fsp3) is 0.200. The Morgan fingerprint density at radius 3 is 2.24 bits per heavy atom. The van der Waals surface area contributed by atoms with Gasteiger partial charge >= 0.3 is 5.97 Å². The van der Waals surface area contributed by atoms with E-state index in [2.05, 4.69) is 9.71 Å². The number of amides is 2. The van der Waals surface area contributed by atoms with Gasteiger partial charge in [0.1, 0.15) is 17.5 Å². The summed E-state index contributed by atoms with van der Waals surface area (Å²) in [5, 5.41) is 0. The maximum Gasteiger partial charge on any atom is 0.324 e. The number of hydrogen-bond acceptors (Lipinski definition) is 11. The van der Waals surface area contributed by atoms with E-state index in [1.165, 1.54) is 41.2 Å². The minimum absolute atomic E-state index is 0.00325. The van der Waals surface area contributed by atoms with E-state index in [-0.39, 0.29) is 36.3 Å². The molecule has 1 aromatic heterocycles. The van der Waals surface area contributed by atoms with Gasteiger partial charge in [-0.1, -0.05) is 36.0 Å². The molecule has 5 aromatic rings. The molecule has 11 nitrogen and oxygen atoms in total. The fourth-order valence-corrected chi connectivity index (χ4v) is 8.59. The van der Waals surface area contributed by atoms with Crippen LogP contribution in [-0.4, -0.2) is 69.5 Å². The summed E-state index contributed by atoms with van der Waals surface area (Å²) in [5.74, 6) is -0.0466. The third-order valence-electron chi connectivity index (χ3n) is 7.73. The van der Waals surface area contributed by atoms with Crippen LogP contribution in [0.15, 0.2) is 105 Å². The molecule has 2 heterocycles. The lowest BCUT2D eigenvalue weighted by atomic mass is 10.1. The first-order chi connectivity index (χ1) is 23.6. The average molecular weight is 718 g/mol. The standard InChI is InChI=1S/C35H31N3O8S3/c1-44-23-12-14-25(15-13-23)47-35-36-29-17-16-26(21-31(29)48-35)49(42,43)37-30(34(41)45-2)20-22-8-10-24(11-9-22)46-19-5-18-38-32(39)27-6-3-4-7-28(27)33(38)40/h3-4,6-17,21,30,37H,5,18-20H2,1-2H3. The van der Waals surface area contributed by atoms with Crippen LogP contribution in [0.2, 0.25) is 0 Å². The molecule has 0 spiro atoms. The van der Waals surface area contributed by atoms with E-state index in [9.17, 15) is 22.8 Å². The Labute approximate surface area is 291 Å². The molecule has 1 N–H and O–H groups in total. The van der Waals surface area contributed by atoms with Gasteiger partial charge in [0, 0.05) is 11.4 Å². The lowest BCUT2D eigenvalue weighted by Gasteiger charge is -2.17. The first-order valence-corrected chi connectivity index (χ1v) is 18.3. The molecule has 1 atom stereocenters. The van der Waals surface area contributed by atoms with Crippen LogP contribution in [-0.2, 0) is 26.0 Å². The molecule has 6 rings (SSSR count). The molecule has 4 aromatic carbocycles. The smallest absolute Gasteiger partial charge is 0.324 e. The number of methoxy groups -OCH3 is 2. The van der Waals surface area contributed by atoms with Crippen molar-refractivity contribution in [2.24, 2.45) is 0 Å². The lowest BCUT2D eigenvalue weighted by Crippen LogP contribution is -2.42. The van der Waals surface area contributed by atoms with Crippen LogP contribution in [0.3, 0.4) is 0 Å². The predicted molar refractivity (Wildman–Crippen MR) is 185 cm³/mol. The van der Waals surface area contributed by atoms with E-state index >= 15 is 0 Å². The molecule has 1 aliphatic heterocycles. The van der Waals surface area contributed by atoms with Crippen LogP contribution < -0.4 is 14.2 Å². The number of benzene rings is 4. The van der Waals surface area contributed by atoms with E-state index in [0.717, 1.165) is 15.0 Å². The van der Waals surface area contributed by atoms with Crippen molar-refractivity contribution in [1.82, 2.24) is 14.6 Å². The molecule has 1 unspecified atom stereocenters. The topological polar surface area (TPSA) is 141 Å². The second-order valence-corrected chi connectivity index (χ2v) is 15.0. The molecular formula is C35H31N3O8S3. The Hall–Kier alpha value is -4.76. The highest BCUT2D eigenvalue weighted by atomic mass is 32.2. The molecule has 0 fully saturated rings. The Morgan fingerprint density at radius 1 is 0.918 bits per heavy atom. The molecule has 0 saturated carbocycles. The van der Waals surface area contributed by atoms with Gasteiger partial charge < -0.3 is 14.2 Å². The van der Waals surface area contributed by atoms with E-state index in [1.807, 2.05) is 24.3 Å². The van der Waals surface area contributed by atoms with Crippen LogP contribution in [0, 0.1) is 0 Å². The van der Waals surface area contributed by atoms with Gasteiger partial charge in [-0.2, -0.15) is 4.72 Å². The molecule has 0 aliphatic carbocycles. The third kappa shape index (κ3) is 7.78. The third-order valence-corrected chi connectivity index (χ3v) is 11.3. The highest BCUT2D eigenvalue weighted by molar-refractivity contribution is 8.01.